The smallest absolute Gasteiger partial charge is 0.306 e. The summed E-state index contributed by atoms with van der Waals surface area (Å²) in [6.45, 7) is 6.35. The Morgan fingerprint density at radius 2 is 0.481 bits per heavy atom. The minimum absolute atomic E-state index is 0.119. The third-order valence-electron chi connectivity index (χ3n) is 14.5. The quantitative estimate of drug-likeness (QED) is 0.0261. The Kier molecular flexibility index (Phi) is 64.8. The van der Waals surface area contributed by atoms with Gasteiger partial charge in [-0.3, -0.25) is 14.4 Å². The van der Waals surface area contributed by atoms with E-state index in [2.05, 4.69) is 142 Å². The van der Waals surface area contributed by atoms with Crippen molar-refractivity contribution in [3.8, 4) is 0 Å². The standard InChI is InChI=1S/C75H126O6/c1-4-7-10-13-16-19-22-25-28-31-32-33-34-35-36-37-38-39-40-41-42-45-47-50-53-56-59-62-65-68-74(77)80-71-72(81-75(78)69-66-63-60-57-54-51-48-44-30-27-24-21-18-15-12-9-6-3)70-79-73(76)67-64-61-58-55-52-49-46-43-29-26-23-20-17-14-11-8-5-2/h8-9,11-12,17-18,20-21,26-27,29-30,46,48-49,51,55,57-58,60,72H,4-7,10,13-16,19,22-25,28,31-45,47,50,52-54,56,59,61-71H2,1-3H3/b11-8-,12-9-,20-17-,21-18-,29-26-,30-27-,49-46-,51-48-,58-55-,60-57-. The van der Waals surface area contributed by atoms with Crippen LogP contribution in [0.25, 0.3) is 0 Å². The zero-order chi connectivity index (χ0) is 58.5. The summed E-state index contributed by atoms with van der Waals surface area (Å²) in [5.41, 5.74) is 0. The largest absolute Gasteiger partial charge is 0.462 e. The molecule has 0 spiro atoms. The first kappa shape index (κ1) is 76.8. The van der Waals surface area contributed by atoms with Crippen LogP contribution in [0, 0.1) is 0 Å². The van der Waals surface area contributed by atoms with Crippen molar-refractivity contribution in [2.24, 2.45) is 0 Å². The number of esters is 3. The number of carbonyl (C=O) groups is 3. The molecule has 81 heavy (non-hydrogen) atoms. The Bertz CT molecular complexity index is 1670. The van der Waals surface area contributed by atoms with Crippen molar-refractivity contribution in [1.29, 1.82) is 0 Å². The highest BCUT2D eigenvalue weighted by atomic mass is 16.6. The lowest BCUT2D eigenvalue weighted by Gasteiger charge is -2.18. The van der Waals surface area contributed by atoms with Gasteiger partial charge in [0.2, 0.25) is 0 Å². The molecular formula is C75H126O6. The molecule has 462 valence electrons. The summed E-state index contributed by atoms with van der Waals surface area (Å²) in [5.74, 6) is -1.03. The van der Waals surface area contributed by atoms with E-state index in [-0.39, 0.29) is 44.0 Å². The highest BCUT2D eigenvalue weighted by Gasteiger charge is 2.19. The first-order valence-electron chi connectivity index (χ1n) is 34.0. The third-order valence-corrected chi connectivity index (χ3v) is 14.5. The van der Waals surface area contributed by atoms with Crippen molar-refractivity contribution < 1.29 is 28.6 Å². The monoisotopic (exact) mass is 1120 g/mol. The molecule has 6 heteroatoms. The van der Waals surface area contributed by atoms with E-state index < -0.39 is 6.10 Å². The minimum Gasteiger partial charge on any atom is -0.462 e. The molecule has 0 N–H and O–H groups in total. The molecule has 0 amide bonds. The van der Waals surface area contributed by atoms with Gasteiger partial charge in [0.25, 0.3) is 0 Å². The molecule has 0 saturated carbocycles. The lowest BCUT2D eigenvalue weighted by molar-refractivity contribution is -0.167. The summed E-state index contributed by atoms with van der Waals surface area (Å²) in [6, 6.07) is 0. The molecule has 0 aliphatic heterocycles. The molecule has 0 aliphatic rings. The maximum absolute atomic E-state index is 12.9. The summed E-state index contributed by atoms with van der Waals surface area (Å²) in [5, 5.41) is 0. The Morgan fingerprint density at radius 1 is 0.259 bits per heavy atom. The number of ether oxygens (including phenoxy) is 3. The lowest BCUT2D eigenvalue weighted by atomic mass is 10.0. The fourth-order valence-electron chi connectivity index (χ4n) is 9.46. The number of hydrogen-bond acceptors (Lipinski definition) is 6. The third kappa shape index (κ3) is 66.5. The zero-order valence-electron chi connectivity index (χ0n) is 53.0. The van der Waals surface area contributed by atoms with Crippen molar-refractivity contribution in [3.05, 3.63) is 122 Å². The number of rotatable bonds is 61. The van der Waals surface area contributed by atoms with Gasteiger partial charge in [0.1, 0.15) is 13.2 Å². The van der Waals surface area contributed by atoms with E-state index in [4.69, 9.17) is 14.2 Å². The second-order valence-electron chi connectivity index (χ2n) is 22.3. The van der Waals surface area contributed by atoms with Gasteiger partial charge in [0.15, 0.2) is 6.10 Å². The number of hydrogen-bond donors (Lipinski definition) is 0. The van der Waals surface area contributed by atoms with E-state index in [1.54, 1.807) is 0 Å². The number of carbonyl (C=O) groups excluding carboxylic acids is 3. The SMILES string of the molecule is CC/C=C\C/C=C\C/C=C\C/C=C\C/C=C\CCCC(=O)OCC(COC(=O)CCCCCCCCCCCCCCCCCCCCCCCCCCCCCCC)OC(=O)CCC/C=C\C/C=C\C/C=C\C/C=C\C/C=C\CC. The summed E-state index contributed by atoms with van der Waals surface area (Å²) in [7, 11) is 0. The Morgan fingerprint density at radius 3 is 0.753 bits per heavy atom. The highest BCUT2D eigenvalue weighted by molar-refractivity contribution is 5.71. The predicted molar refractivity (Wildman–Crippen MR) is 353 cm³/mol. The van der Waals surface area contributed by atoms with Crippen LogP contribution >= 0.6 is 0 Å². The zero-order valence-corrected chi connectivity index (χ0v) is 53.0. The van der Waals surface area contributed by atoms with Crippen LogP contribution in [-0.2, 0) is 28.6 Å². The topological polar surface area (TPSA) is 78.9 Å². The molecule has 0 saturated heterocycles. The first-order valence-corrected chi connectivity index (χ1v) is 34.0. The van der Waals surface area contributed by atoms with E-state index in [1.807, 2.05) is 0 Å². The Balaban J connectivity index is 4.36. The molecule has 0 aliphatic carbocycles. The van der Waals surface area contributed by atoms with E-state index in [0.717, 1.165) is 96.3 Å². The minimum atomic E-state index is -0.835. The maximum atomic E-state index is 12.9. The number of unbranched alkanes of at least 4 members (excludes halogenated alkanes) is 30. The van der Waals surface area contributed by atoms with Crippen LogP contribution < -0.4 is 0 Å². The van der Waals surface area contributed by atoms with Gasteiger partial charge in [-0.1, -0.05) is 322 Å². The Hall–Kier alpha value is -4.19. The molecule has 6 nitrogen and oxygen atoms in total. The summed E-state index contributed by atoms with van der Waals surface area (Å²) < 4.78 is 16.8. The van der Waals surface area contributed by atoms with E-state index in [9.17, 15) is 14.4 Å². The van der Waals surface area contributed by atoms with Gasteiger partial charge in [0, 0.05) is 19.3 Å². The second-order valence-corrected chi connectivity index (χ2v) is 22.3. The van der Waals surface area contributed by atoms with Crippen LogP contribution in [0.15, 0.2) is 122 Å². The van der Waals surface area contributed by atoms with E-state index in [0.29, 0.717) is 19.3 Å². The maximum Gasteiger partial charge on any atom is 0.306 e. The fraction of sp³-hybridized carbons (Fsp3) is 0.693. The van der Waals surface area contributed by atoms with Crippen LogP contribution in [0.4, 0.5) is 0 Å². The molecule has 0 radical (unpaired) electrons. The van der Waals surface area contributed by atoms with Gasteiger partial charge in [-0.25, -0.2) is 0 Å². The van der Waals surface area contributed by atoms with Crippen LogP contribution in [0.2, 0.25) is 0 Å². The van der Waals surface area contributed by atoms with Crippen LogP contribution in [0.1, 0.15) is 316 Å². The van der Waals surface area contributed by atoms with Gasteiger partial charge >= 0.3 is 17.9 Å². The fourth-order valence-corrected chi connectivity index (χ4v) is 9.46. The lowest BCUT2D eigenvalue weighted by Crippen LogP contribution is -2.30. The normalized spacial score (nSPS) is 12.9. The van der Waals surface area contributed by atoms with Crippen molar-refractivity contribution >= 4 is 17.9 Å². The summed E-state index contributed by atoms with van der Waals surface area (Å²) >= 11 is 0. The van der Waals surface area contributed by atoms with Crippen molar-refractivity contribution in [2.45, 2.75) is 322 Å². The van der Waals surface area contributed by atoms with Crippen molar-refractivity contribution in [2.75, 3.05) is 13.2 Å². The molecular weight excluding hydrogens is 997 g/mol. The molecule has 1 unspecified atom stereocenters. The summed E-state index contributed by atoms with van der Waals surface area (Å²) in [6.07, 6.45) is 95.4. The molecule has 0 bridgehead atoms. The second kappa shape index (κ2) is 68.3. The van der Waals surface area contributed by atoms with Gasteiger partial charge in [-0.15, -0.1) is 0 Å². The number of allylic oxidation sites excluding steroid dienone is 20. The average molecular weight is 1120 g/mol. The predicted octanol–water partition coefficient (Wildman–Crippen LogP) is 23.6. The van der Waals surface area contributed by atoms with Crippen LogP contribution in [-0.4, -0.2) is 37.2 Å². The average Bonchev–Trinajstić information content (AvgIpc) is 3.47. The van der Waals surface area contributed by atoms with Crippen LogP contribution in [0.5, 0.6) is 0 Å². The molecule has 0 aromatic carbocycles. The van der Waals surface area contributed by atoms with E-state index in [1.165, 1.54) is 167 Å². The Labute approximate surface area is 501 Å². The molecule has 1 atom stereocenters. The van der Waals surface area contributed by atoms with Gasteiger partial charge < -0.3 is 14.2 Å². The van der Waals surface area contributed by atoms with Crippen molar-refractivity contribution in [3.63, 3.8) is 0 Å². The van der Waals surface area contributed by atoms with E-state index >= 15 is 0 Å². The molecule has 0 fully saturated rings. The highest BCUT2D eigenvalue weighted by Crippen LogP contribution is 2.17. The van der Waals surface area contributed by atoms with Gasteiger partial charge in [-0.2, -0.15) is 0 Å². The van der Waals surface area contributed by atoms with Gasteiger partial charge in [0.05, 0.1) is 0 Å². The summed E-state index contributed by atoms with van der Waals surface area (Å²) in [4.78, 5) is 38.3. The van der Waals surface area contributed by atoms with Crippen LogP contribution in [0.3, 0.4) is 0 Å². The van der Waals surface area contributed by atoms with Crippen molar-refractivity contribution in [1.82, 2.24) is 0 Å². The molecule has 0 aromatic heterocycles. The molecule has 0 rings (SSSR count). The first-order chi connectivity index (χ1) is 40.0. The van der Waals surface area contributed by atoms with Gasteiger partial charge in [-0.05, 0) is 96.3 Å². The molecule has 0 aromatic rings. The molecule has 0 heterocycles.